The van der Waals surface area contributed by atoms with E-state index >= 15 is 0 Å². The Kier molecular flexibility index (Phi) is 3.99. The molecule has 2 heteroatoms. The molecule has 0 aliphatic carbocycles. The van der Waals surface area contributed by atoms with Gasteiger partial charge >= 0.3 is 0 Å². The zero-order chi connectivity index (χ0) is 12.3. The SMILES string of the molecule is CC(C)=CC(c1cc(C)cc[n+]1C)=[N+](C)C. The Morgan fingerprint density at radius 1 is 1.31 bits per heavy atom. The van der Waals surface area contributed by atoms with Gasteiger partial charge in [-0.3, -0.25) is 0 Å². The predicted octanol–water partition coefficient (Wildman–Crippen LogP) is 1.85. The van der Waals surface area contributed by atoms with Crippen LogP contribution in [-0.4, -0.2) is 24.4 Å². The maximum atomic E-state index is 2.22. The van der Waals surface area contributed by atoms with Crippen LogP contribution in [0.1, 0.15) is 25.1 Å². The zero-order valence-corrected chi connectivity index (χ0v) is 11.2. The molecule has 0 aliphatic heterocycles. The van der Waals surface area contributed by atoms with Crippen molar-refractivity contribution in [3.63, 3.8) is 0 Å². The molecular weight excluding hydrogens is 196 g/mol. The highest BCUT2D eigenvalue weighted by Gasteiger charge is 2.19. The summed E-state index contributed by atoms with van der Waals surface area (Å²) in [6.45, 7) is 6.37. The maximum Gasteiger partial charge on any atom is 0.276 e. The Bertz CT molecular complexity index is 446. The van der Waals surface area contributed by atoms with E-state index in [1.165, 1.54) is 22.5 Å². The summed E-state index contributed by atoms with van der Waals surface area (Å²) in [6, 6.07) is 4.34. The number of rotatable bonds is 2. The fourth-order valence-corrected chi connectivity index (χ4v) is 1.64. The first-order valence-corrected chi connectivity index (χ1v) is 5.57. The number of aromatic nitrogens is 1. The third-order valence-corrected chi connectivity index (χ3v) is 2.48. The van der Waals surface area contributed by atoms with Crippen LogP contribution in [-0.2, 0) is 7.05 Å². The van der Waals surface area contributed by atoms with E-state index in [9.17, 15) is 0 Å². The summed E-state index contributed by atoms with van der Waals surface area (Å²) in [4.78, 5) is 0. The molecule has 1 rings (SSSR count). The van der Waals surface area contributed by atoms with Gasteiger partial charge in [-0.15, -0.1) is 0 Å². The van der Waals surface area contributed by atoms with Gasteiger partial charge in [0, 0.05) is 18.2 Å². The van der Waals surface area contributed by atoms with Crippen molar-refractivity contribution < 1.29 is 9.14 Å². The van der Waals surface area contributed by atoms with Crippen LogP contribution in [0.25, 0.3) is 0 Å². The molecule has 0 aliphatic rings. The average Bonchev–Trinajstić information content (AvgIpc) is 2.18. The number of hydrogen-bond donors (Lipinski definition) is 0. The van der Waals surface area contributed by atoms with Gasteiger partial charge in [0.05, 0.1) is 0 Å². The van der Waals surface area contributed by atoms with Crippen molar-refractivity contribution in [2.75, 3.05) is 14.1 Å². The standard InChI is InChI=1S/C14H22N2/c1-11(2)9-13(15(4)5)14-10-12(3)7-8-16(14)6/h7-10H,1-6H3/q+2. The van der Waals surface area contributed by atoms with Gasteiger partial charge in [-0.2, -0.15) is 4.57 Å². The molecule has 0 amide bonds. The van der Waals surface area contributed by atoms with Crippen LogP contribution in [0, 0.1) is 6.92 Å². The van der Waals surface area contributed by atoms with Gasteiger partial charge in [0.1, 0.15) is 21.1 Å². The molecule has 1 aromatic rings. The molecule has 0 bridgehead atoms. The first kappa shape index (κ1) is 12.6. The lowest BCUT2D eigenvalue weighted by molar-refractivity contribution is -0.675. The fraction of sp³-hybridized carbons (Fsp3) is 0.429. The number of hydrogen-bond acceptors (Lipinski definition) is 0. The lowest BCUT2D eigenvalue weighted by Gasteiger charge is -2.01. The Labute approximate surface area is 98.6 Å². The molecule has 0 N–H and O–H groups in total. The molecule has 86 valence electrons. The van der Waals surface area contributed by atoms with E-state index in [2.05, 4.69) is 75.5 Å². The number of allylic oxidation sites excluding steroid dienone is 2. The van der Waals surface area contributed by atoms with Crippen molar-refractivity contribution in [1.29, 1.82) is 0 Å². The topological polar surface area (TPSA) is 6.89 Å². The van der Waals surface area contributed by atoms with Crippen LogP contribution in [0.2, 0.25) is 0 Å². The Morgan fingerprint density at radius 3 is 2.44 bits per heavy atom. The Balaban J connectivity index is 3.39. The molecule has 0 radical (unpaired) electrons. The van der Waals surface area contributed by atoms with Crippen LogP contribution in [0.3, 0.4) is 0 Å². The molecule has 0 saturated carbocycles. The number of pyridine rings is 1. The minimum Gasteiger partial charge on any atom is -0.230 e. The third kappa shape index (κ3) is 3.02. The van der Waals surface area contributed by atoms with E-state index in [-0.39, 0.29) is 0 Å². The van der Waals surface area contributed by atoms with Crippen molar-refractivity contribution in [2.24, 2.45) is 7.05 Å². The van der Waals surface area contributed by atoms with Crippen molar-refractivity contribution in [2.45, 2.75) is 20.8 Å². The van der Waals surface area contributed by atoms with Gasteiger partial charge < -0.3 is 0 Å². The Hall–Kier alpha value is -1.44. The molecule has 0 aromatic carbocycles. The van der Waals surface area contributed by atoms with E-state index in [1.54, 1.807) is 0 Å². The van der Waals surface area contributed by atoms with Gasteiger partial charge in [-0.25, -0.2) is 4.58 Å². The number of nitrogens with zero attached hydrogens (tertiary/aromatic N) is 2. The quantitative estimate of drug-likeness (QED) is 0.528. The minimum atomic E-state index is 1.24. The molecule has 0 atom stereocenters. The van der Waals surface area contributed by atoms with Crippen LogP contribution >= 0.6 is 0 Å². The summed E-state index contributed by atoms with van der Waals surface area (Å²) in [5.41, 5.74) is 5.08. The Morgan fingerprint density at radius 2 is 1.94 bits per heavy atom. The summed E-state index contributed by atoms with van der Waals surface area (Å²) in [7, 11) is 6.24. The van der Waals surface area contributed by atoms with E-state index in [0.29, 0.717) is 0 Å². The highest BCUT2D eigenvalue weighted by molar-refractivity contribution is 6.03. The minimum absolute atomic E-state index is 1.24. The van der Waals surface area contributed by atoms with E-state index < -0.39 is 0 Å². The van der Waals surface area contributed by atoms with E-state index in [4.69, 9.17) is 0 Å². The number of aryl methyl sites for hydroxylation is 2. The molecule has 2 nitrogen and oxygen atoms in total. The molecule has 0 unspecified atom stereocenters. The molecule has 0 spiro atoms. The van der Waals surface area contributed by atoms with E-state index in [1.807, 2.05) is 0 Å². The second kappa shape index (κ2) is 5.06. The fourth-order valence-electron chi connectivity index (χ4n) is 1.64. The zero-order valence-electron chi connectivity index (χ0n) is 11.2. The lowest BCUT2D eigenvalue weighted by atomic mass is 10.1. The van der Waals surface area contributed by atoms with Crippen molar-refractivity contribution in [1.82, 2.24) is 0 Å². The summed E-state index contributed by atoms with van der Waals surface area (Å²) in [5.74, 6) is 0. The van der Waals surface area contributed by atoms with E-state index in [0.717, 1.165) is 0 Å². The highest BCUT2D eigenvalue weighted by atomic mass is 15.0. The first-order chi connectivity index (χ1) is 7.41. The summed E-state index contributed by atoms with van der Waals surface area (Å²) >= 11 is 0. The smallest absolute Gasteiger partial charge is 0.230 e. The van der Waals surface area contributed by atoms with Crippen molar-refractivity contribution >= 4 is 5.71 Å². The largest absolute Gasteiger partial charge is 0.276 e. The monoisotopic (exact) mass is 218 g/mol. The molecule has 1 aromatic heterocycles. The second-order valence-corrected chi connectivity index (χ2v) is 4.70. The maximum absolute atomic E-state index is 2.22. The van der Waals surface area contributed by atoms with Crippen molar-refractivity contribution in [3.05, 3.63) is 41.2 Å². The van der Waals surface area contributed by atoms with Crippen LogP contribution in [0.4, 0.5) is 0 Å². The predicted molar refractivity (Wildman–Crippen MR) is 68.0 cm³/mol. The van der Waals surface area contributed by atoms with Gasteiger partial charge in [0.25, 0.3) is 11.4 Å². The van der Waals surface area contributed by atoms with Crippen LogP contribution in [0.5, 0.6) is 0 Å². The van der Waals surface area contributed by atoms with Gasteiger partial charge in [0.2, 0.25) is 0 Å². The molecule has 16 heavy (non-hydrogen) atoms. The van der Waals surface area contributed by atoms with Gasteiger partial charge in [-0.1, -0.05) is 5.57 Å². The van der Waals surface area contributed by atoms with Crippen molar-refractivity contribution in [3.8, 4) is 0 Å². The highest BCUT2D eigenvalue weighted by Crippen LogP contribution is 2.03. The van der Waals surface area contributed by atoms with Crippen LogP contribution < -0.4 is 4.57 Å². The van der Waals surface area contributed by atoms with Gasteiger partial charge in [-0.05, 0) is 26.3 Å². The average molecular weight is 218 g/mol. The summed E-state index contributed by atoms with van der Waals surface area (Å²) < 4.78 is 4.31. The lowest BCUT2D eigenvalue weighted by Crippen LogP contribution is -2.37. The molecule has 0 saturated heterocycles. The first-order valence-electron chi connectivity index (χ1n) is 5.57. The molecule has 0 fully saturated rings. The third-order valence-electron chi connectivity index (χ3n) is 2.48. The van der Waals surface area contributed by atoms with Gasteiger partial charge in [0.15, 0.2) is 6.20 Å². The molecular formula is C14H22N2+2. The van der Waals surface area contributed by atoms with Crippen LogP contribution in [0.15, 0.2) is 30.0 Å². The normalized spacial score (nSPS) is 9.88. The summed E-state index contributed by atoms with van der Waals surface area (Å²) in [6.07, 6.45) is 4.32. The summed E-state index contributed by atoms with van der Waals surface area (Å²) in [5, 5.41) is 0. The second-order valence-electron chi connectivity index (χ2n) is 4.70. The molecule has 1 heterocycles.